The molecular weight excluding hydrogens is 366 g/mol. The van der Waals surface area contributed by atoms with Crippen molar-refractivity contribution in [3.05, 3.63) is 87.5 Å². The minimum Gasteiger partial charge on any atom is -0.336 e. The maximum absolute atomic E-state index is 12.8. The third-order valence-electron chi connectivity index (χ3n) is 5.57. The first-order chi connectivity index (χ1) is 14.0. The van der Waals surface area contributed by atoms with Crippen LogP contribution in [0.3, 0.4) is 0 Å². The molecule has 4 rings (SSSR count). The smallest absolute Gasteiger partial charge is 0.272 e. The van der Waals surface area contributed by atoms with Crippen LogP contribution in [0.2, 0.25) is 0 Å². The lowest BCUT2D eigenvalue weighted by Gasteiger charge is -2.35. The number of nitrogens with zero attached hydrogens (tertiary/aromatic N) is 3. The molecule has 0 bridgehead atoms. The fraction of sp³-hybridized carbons (Fsp3) is 0.261. The van der Waals surface area contributed by atoms with Gasteiger partial charge in [0.05, 0.1) is 4.92 Å². The molecular formula is C23H23N3O3. The molecule has 1 aliphatic rings. The highest BCUT2D eigenvalue weighted by Crippen LogP contribution is 2.22. The van der Waals surface area contributed by atoms with E-state index in [1.165, 1.54) is 22.4 Å². The summed E-state index contributed by atoms with van der Waals surface area (Å²) in [6, 6.07) is 19.4. The van der Waals surface area contributed by atoms with Crippen LogP contribution in [-0.4, -0.2) is 46.8 Å². The summed E-state index contributed by atoms with van der Waals surface area (Å²) >= 11 is 0. The Balaban J connectivity index is 1.41. The lowest BCUT2D eigenvalue weighted by atomic mass is 10.0. The number of rotatable bonds is 4. The highest BCUT2D eigenvalue weighted by molar-refractivity contribution is 5.94. The van der Waals surface area contributed by atoms with E-state index in [9.17, 15) is 14.9 Å². The van der Waals surface area contributed by atoms with E-state index in [2.05, 4.69) is 47.4 Å². The van der Waals surface area contributed by atoms with Crippen LogP contribution in [0.4, 0.5) is 5.69 Å². The number of hydrogen-bond acceptors (Lipinski definition) is 4. The van der Waals surface area contributed by atoms with Gasteiger partial charge in [0.15, 0.2) is 0 Å². The van der Waals surface area contributed by atoms with Gasteiger partial charge in [-0.05, 0) is 35.4 Å². The topological polar surface area (TPSA) is 66.7 Å². The fourth-order valence-electron chi connectivity index (χ4n) is 3.96. The molecule has 1 fully saturated rings. The summed E-state index contributed by atoms with van der Waals surface area (Å²) in [5, 5.41) is 13.5. The average molecular weight is 389 g/mol. The minimum atomic E-state index is -0.421. The van der Waals surface area contributed by atoms with Crippen LogP contribution in [0.15, 0.2) is 60.7 Å². The normalized spacial score (nSPS) is 14.9. The molecule has 6 heteroatoms. The Kier molecular flexibility index (Phi) is 5.27. The van der Waals surface area contributed by atoms with Gasteiger partial charge in [-0.1, -0.05) is 42.5 Å². The zero-order valence-electron chi connectivity index (χ0n) is 16.4. The van der Waals surface area contributed by atoms with Crippen molar-refractivity contribution in [2.75, 3.05) is 26.2 Å². The highest BCUT2D eigenvalue weighted by atomic mass is 16.6. The van der Waals surface area contributed by atoms with Crippen molar-refractivity contribution < 1.29 is 9.72 Å². The number of piperazine rings is 1. The molecule has 3 aromatic rings. The summed E-state index contributed by atoms with van der Waals surface area (Å²) in [6.45, 7) is 5.44. The van der Waals surface area contributed by atoms with Crippen LogP contribution in [0.1, 0.15) is 21.5 Å². The van der Waals surface area contributed by atoms with Crippen LogP contribution in [0, 0.1) is 17.0 Å². The van der Waals surface area contributed by atoms with Crippen molar-refractivity contribution in [2.24, 2.45) is 0 Å². The van der Waals surface area contributed by atoms with Crippen molar-refractivity contribution in [2.45, 2.75) is 13.5 Å². The van der Waals surface area contributed by atoms with Gasteiger partial charge in [-0.25, -0.2) is 0 Å². The second kappa shape index (κ2) is 8.01. The molecule has 1 heterocycles. The van der Waals surface area contributed by atoms with Crippen LogP contribution in [-0.2, 0) is 6.54 Å². The largest absolute Gasteiger partial charge is 0.336 e. The van der Waals surface area contributed by atoms with Gasteiger partial charge in [0, 0.05) is 49.9 Å². The van der Waals surface area contributed by atoms with Gasteiger partial charge in [-0.2, -0.15) is 0 Å². The quantitative estimate of drug-likeness (QED) is 0.499. The summed E-state index contributed by atoms with van der Waals surface area (Å²) in [6.07, 6.45) is 0. The van der Waals surface area contributed by atoms with Crippen molar-refractivity contribution in [1.29, 1.82) is 0 Å². The van der Waals surface area contributed by atoms with Gasteiger partial charge >= 0.3 is 0 Å². The molecule has 0 aromatic heterocycles. The number of amides is 1. The van der Waals surface area contributed by atoms with Crippen molar-refractivity contribution in [3.8, 4) is 0 Å². The molecule has 0 N–H and O–H groups in total. The summed E-state index contributed by atoms with van der Waals surface area (Å²) in [7, 11) is 0. The van der Waals surface area contributed by atoms with Gasteiger partial charge < -0.3 is 4.90 Å². The van der Waals surface area contributed by atoms with Crippen molar-refractivity contribution in [1.82, 2.24) is 9.80 Å². The molecule has 0 spiro atoms. The average Bonchev–Trinajstić information content (AvgIpc) is 2.74. The zero-order valence-corrected chi connectivity index (χ0v) is 16.4. The lowest BCUT2D eigenvalue weighted by Crippen LogP contribution is -2.48. The first-order valence-corrected chi connectivity index (χ1v) is 9.76. The predicted molar refractivity (Wildman–Crippen MR) is 113 cm³/mol. The Morgan fingerprint density at radius 2 is 1.72 bits per heavy atom. The van der Waals surface area contributed by atoms with E-state index in [0.717, 1.165) is 19.6 Å². The number of fused-ring (bicyclic) bond motifs is 1. The van der Waals surface area contributed by atoms with Crippen LogP contribution >= 0.6 is 0 Å². The Hall–Kier alpha value is -3.25. The summed E-state index contributed by atoms with van der Waals surface area (Å²) in [4.78, 5) is 27.6. The van der Waals surface area contributed by atoms with E-state index in [1.807, 2.05) is 4.90 Å². The first-order valence-electron chi connectivity index (χ1n) is 9.76. The Morgan fingerprint density at radius 1 is 1.00 bits per heavy atom. The van der Waals surface area contributed by atoms with Crippen molar-refractivity contribution in [3.63, 3.8) is 0 Å². The molecule has 1 saturated heterocycles. The van der Waals surface area contributed by atoms with E-state index in [0.29, 0.717) is 24.2 Å². The van der Waals surface area contributed by atoms with E-state index >= 15 is 0 Å². The third kappa shape index (κ3) is 3.98. The van der Waals surface area contributed by atoms with Gasteiger partial charge in [0.25, 0.3) is 11.6 Å². The minimum absolute atomic E-state index is 0.0430. The molecule has 148 valence electrons. The molecule has 3 aromatic carbocycles. The number of nitro groups is 1. The number of hydrogen-bond donors (Lipinski definition) is 0. The molecule has 0 unspecified atom stereocenters. The Morgan fingerprint density at radius 3 is 2.45 bits per heavy atom. The summed E-state index contributed by atoms with van der Waals surface area (Å²) in [5.41, 5.74) is 2.36. The van der Waals surface area contributed by atoms with Gasteiger partial charge in [-0.3, -0.25) is 19.8 Å². The molecule has 1 aliphatic heterocycles. The Labute approximate surface area is 169 Å². The van der Waals surface area contributed by atoms with E-state index in [4.69, 9.17) is 0 Å². The number of benzene rings is 3. The second-order valence-electron chi connectivity index (χ2n) is 7.46. The van der Waals surface area contributed by atoms with Gasteiger partial charge in [-0.15, -0.1) is 0 Å². The molecule has 29 heavy (non-hydrogen) atoms. The monoisotopic (exact) mass is 389 g/mol. The summed E-state index contributed by atoms with van der Waals surface area (Å²) in [5.74, 6) is -0.0622. The third-order valence-corrected chi connectivity index (χ3v) is 5.57. The summed E-state index contributed by atoms with van der Waals surface area (Å²) < 4.78 is 0. The number of aryl methyl sites for hydroxylation is 1. The predicted octanol–water partition coefficient (Wildman–Crippen LogP) is 4.01. The Bertz CT molecular complexity index is 1070. The fourth-order valence-corrected chi connectivity index (χ4v) is 3.96. The molecule has 0 aliphatic carbocycles. The van der Waals surface area contributed by atoms with E-state index in [1.54, 1.807) is 19.1 Å². The van der Waals surface area contributed by atoms with Crippen molar-refractivity contribution >= 4 is 22.4 Å². The second-order valence-corrected chi connectivity index (χ2v) is 7.46. The molecule has 0 saturated carbocycles. The zero-order chi connectivity index (χ0) is 20.4. The highest BCUT2D eigenvalue weighted by Gasteiger charge is 2.23. The number of carbonyl (C=O) groups is 1. The molecule has 1 amide bonds. The first kappa shape index (κ1) is 19.1. The van der Waals surface area contributed by atoms with Crippen LogP contribution < -0.4 is 0 Å². The lowest BCUT2D eigenvalue weighted by molar-refractivity contribution is -0.385. The maximum Gasteiger partial charge on any atom is 0.272 e. The SMILES string of the molecule is Cc1cc(C(=O)N2CCN(Cc3cccc4ccccc34)CC2)ccc1[N+](=O)[O-]. The van der Waals surface area contributed by atoms with Crippen LogP contribution in [0.25, 0.3) is 10.8 Å². The van der Waals surface area contributed by atoms with E-state index < -0.39 is 4.92 Å². The molecule has 0 atom stereocenters. The van der Waals surface area contributed by atoms with Gasteiger partial charge in [0.1, 0.15) is 0 Å². The maximum atomic E-state index is 12.8. The number of carbonyl (C=O) groups excluding carboxylic acids is 1. The standard InChI is InChI=1S/C23H23N3O3/c1-17-15-19(9-10-22(17)26(28)29)23(27)25-13-11-24(12-14-25)16-20-7-4-6-18-5-2-3-8-21(18)20/h2-10,15H,11-14,16H2,1H3. The number of nitro benzene ring substituents is 1. The molecule has 6 nitrogen and oxygen atoms in total. The van der Waals surface area contributed by atoms with E-state index in [-0.39, 0.29) is 11.6 Å². The molecule has 0 radical (unpaired) electrons. The van der Waals surface area contributed by atoms with Gasteiger partial charge in [0.2, 0.25) is 0 Å². The van der Waals surface area contributed by atoms with Crippen LogP contribution in [0.5, 0.6) is 0 Å².